The molecule has 1 saturated heterocycles. The molecule has 0 amide bonds. The normalized spacial score (nSPS) is 27.5. The topological polar surface area (TPSA) is 32.7 Å². The van der Waals surface area contributed by atoms with Gasteiger partial charge in [0.05, 0.1) is 6.04 Å². The second-order valence-electron chi connectivity index (χ2n) is 5.74. The SMILES string of the molecule is CC(C)C1CCCN1C1COc2cc(O)ccc21. The number of hydrogen-bond donors (Lipinski definition) is 1. The molecular weight excluding hydrogens is 226 g/mol. The van der Waals surface area contributed by atoms with Crippen LogP contribution in [0.5, 0.6) is 11.5 Å². The summed E-state index contributed by atoms with van der Waals surface area (Å²) in [6.07, 6.45) is 2.58. The molecule has 2 atom stereocenters. The van der Waals surface area contributed by atoms with Crippen LogP contribution in [-0.4, -0.2) is 29.2 Å². The molecule has 18 heavy (non-hydrogen) atoms. The maximum atomic E-state index is 9.49. The third kappa shape index (κ3) is 1.87. The minimum Gasteiger partial charge on any atom is -0.508 e. The number of nitrogens with zero attached hydrogens (tertiary/aromatic N) is 1. The number of rotatable bonds is 2. The van der Waals surface area contributed by atoms with Gasteiger partial charge < -0.3 is 9.84 Å². The maximum Gasteiger partial charge on any atom is 0.127 e. The Bertz CT molecular complexity index is 444. The predicted molar refractivity (Wildman–Crippen MR) is 70.9 cm³/mol. The summed E-state index contributed by atoms with van der Waals surface area (Å²) < 4.78 is 5.73. The van der Waals surface area contributed by atoms with Gasteiger partial charge in [0.25, 0.3) is 0 Å². The Morgan fingerprint density at radius 2 is 2.22 bits per heavy atom. The molecule has 0 aromatic heterocycles. The van der Waals surface area contributed by atoms with Crippen LogP contribution in [0.25, 0.3) is 0 Å². The van der Waals surface area contributed by atoms with Gasteiger partial charge in [0.2, 0.25) is 0 Å². The minimum absolute atomic E-state index is 0.288. The van der Waals surface area contributed by atoms with Crippen molar-refractivity contribution in [1.82, 2.24) is 4.90 Å². The zero-order valence-corrected chi connectivity index (χ0v) is 11.1. The number of phenols is 1. The van der Waals surface area contributed by atoms with Gasteiger partial charge in [0.15, 0.2) is 0 Å². The van der Waals surface area contributed by atoms with Crippen molar-refractivity contribution in [3.8, 4) is 11.5 Å². The van der Waals surface area contributed by atoms with Crippen LogP contribution < -0.4 is 4.74 Å². The van der Waals surface area contributed by atoms with E-state index >= 15 is 0 Å². The number of fused-ring (bicyclic) bond motifs is 1. The third-order valence-electron chi connectivity index (χ3n) is 4.26. The molecule has 0 aliphatic carbocycles. The van der Waals surface area contributed by atoms with Crippen LogP contribution in [0.15, 0.2) is 18.2 Å². The molecular formula is C15H21NO2. The van der Waals surface area contributed by atoms with E-state index in [2.05, 4.69) is 18.7 Å². The first-order valence-corrected chi connectivity index (χ1v) is 6.88. The van der Waals surface area contributed by atoms with Gasteiger partial charge in [0.1, 0.15) is 18.1 Å². The third-order valence-corrected chi connectivity index (χ3v) is 4.26. The number of benzene rings is 1. The molecule has 2 unspecified atom stereocenters. The summed E-state index contributed by atoms with van der Waals surface area (Å²) in [7, 11) is 0. The Labute approximate surface area is 108 Å². The summed E-state index contributed by atoms with van der Waals surface area (Å²) in [4.78, 5) is 2.59. The molecule has 2 aliphatic heterocycles. The van der Waals surface area contributed by atoms with Crippen molar-refractivity contribution in [2.75, 3.05) is 13.2 Å². The predicted octanol–water partition coefficient (Wildman–Crippen LogP) is 2.95. The monoisotopic (exact) mass is 247 g/mol. The van der Waals surface area contributed by atoms with Gasteiger partial charge in [-0.05, 0) is 37.4 Å². The molecule has 1 aromatic rings. The Morgan fingerprint density at radius 3 is 3.00 bits per heavy atom. The summed E-state index contributed by atoms with van der Waals surface area (Å²) in [5, 5.41) is 9.49. The van der Waals surface area contributed by atoms with Crippen molar-refractivity contribution < 1.29 is 9.84 Å². The molecule has 1 fully saturated rings. The van der Waals surface area contributed by atoms with E-state index in [1.54, 1.807) is 12.1 Å². The molecule has 2 aliphatic rings. The van der Waals surface area contributed by atoms with Crippen LogP contribution in [0.3, 0.4) is 0 Å². The second-order valence-corrected chi connectivity index (χ2v) is 5.74. The standard InChI is InChI=1S/C15H21NO2/c1-10(2)13-4-3-7-16(13)14-9-18-15-8-11(17)5-6-12(14)15/h5-6,8,10,13-14,17H,3-4,7,9H2,1-2H3. The molecule has 3 rings (SSSR count). The highest BCUT2D eigenvalue weighted by Gasteiger charge is 2.37. The summed E-state index contributed by atoms with van der Waals surface area (Å²) in [5.74, 6) is 1.83. The first-order valence-electron chi connectivity index (χ1n) is 6.88. The van der Waals surface area contributed by atoms with E-state index in [1.807, 2.05) is 6.07 Å². The van der Waals surface area contributed by atoms with Gasteiger partial charge in [-0.25, -0.2) is 0 Å². The van der Waals surface area contributed by atoms with E-state index in [4.69, 9.17) is 4.74 Å². The van der Waals surface area contributed by atoms with Gasteiger partial charge in [0, 0.05) is 17.7 Å². The Hall–Kier alpha value is -1.22. The Morgan fingerprint density at radius 1 is 1.39 bits per heavy atom. The molecule has 1 N–H and O–H groups in total. The highest BCUT2D eigenvalue weighted by Crippen LogP contribution is 2.41. The summed E-state index contributed by atoms with van der Waals surface area (Å²) in [6, 6.07) is 6.54. The van der Waals surface area contributed by atoms with Crippen molar-refractivity contribution in [1.29, 1.82) is 0 Å². The van der Waals surface area contributed by atoms with Gasteiger partial charge in [-0.3, -0.25) is 4.90 Å². The van der Waals surface area contributed by atoms with Gasteiger partial charge >= 0.3 is 0 Å². The molecule has 0 radical (unpaired) electrons. The smallest absolute Gasteiger partial charge is 0.127 e. The highest BCUT2D eigenvalue weighted by atomic mass is 16.5. The number of aromatic hydroxyl groups is 1. The average Bonchev–Trinajstić information content (AvgIpc) is 2.92. The van der Waals surface area contributed by atoms with Crippen LogP contribution in [0.4, 0.5) is 0 Å². The summed E-state index contributed by atoms with van der Waals surface area (Å²) in [5.41, 5.74) is 1.24. The highest BCUT2D eigenvalue weighted by molar-refractivity contribution is 5.44. The maximum absolute atomic E-state index is 9.49. The number of likely N-dealkylation sites (tertiary alicyclic amines) is 1. The summed E-state index contributed by atoms with van der Waals surface area (Å²) >= 11 is 0. The Kier molecular flexibility index (Phi) is 2.94. The number of hydrogen-bond acceptors (Lipinski definition) is 3. The lowest BCUT2D eigenvalue weighted by Gasteiger charge is -2.32. The zero-order chi connectivity index (χ0) is 12.7. The lowest BCUT2D eigenvalue weighted by Crippen LogP contribution is -2.37. The molecule has 0 spiro atoms. The first-order chi connectivity index (χ1) is 8.66. The largest absolute Gasteiger partial charge is 0.508 e. The van der Waals surface area contributed by atoms with E-state index in [1.165, 1.54) is 18.4 Å². The van der Waals surface area contributed by atoms with Crippen molar-refractivity contribution in [3.63, 3.8) is 0 Å². The fourth-order valence-corrected chi connectivity index (χ4v) is 3.37. The van der Waals surface area contributed by atoms with Crippen molar-refractivity contribution in [2.24, 2.45) is 5.92 Å². The van der Waals surface area contributed by atoms with Crippen molar-refractivity contribution in [2.45, 2.75) is 38.8 Å². The van der Waals surface area contributed by atoms with Crippen molar-refractivity contribution in [3.05, 3.63) is 23.8 Å². The molecule has 0 bridgehead atoms. The fourth-order valence-electron chi connectivity index (χ4n) is 3.37. The number of ether oxygens (including phenoxy) is 1. The Balaban J connectivity index is 1.87. The average molecular weight is 247 g/mol. The summed E-state index contributed by atoms with van der Waals surface area (Å²) in [6.45, 7) is 6.49. The molecule has 2 heterocycles. The van der Waals surface area contributed by atoms with Gasteiger partial charge in [-0.1, -0.05) is 13.8 Å². The van der Waals surface area contributed by atoms with Gasteiger partial charge in [-0.15, -0.1) is 0 Å². The quantitative estimate of drug-likeness (QED) is 0.872. The van der Waals surface area contributed by atoms with Crippen LogP contribution in [0, 0.1) is 5.92 Å². The molecule has 3 heteroatoms. The molecule has 0 saturated carbocycles. The minimum atomic E-state index is 0.288. The fraction of sp³-hybridized carbons (Fsp3) is 0.600. The van der Waals surface area contributed by atoms with E-state index in [0.29, 0.717) is 18.0 Å². The molecule has 1 aromatic carbocycles. The first kappa shape index (κ1) is 11.8. The van der Waals surface area contributed by atoms with Crippen LogP contribution in [0.1, 0.15) is 38.3 Å². The molecule has 3 nitrogen and oxygen atoms in total. The second kappa shape index (κ2) is 4.47. The molecule has 98 valence electrons. The lowest BCUT2D eigenvalue weighted by atomic mass is 9.99. The zero-order valence-electron chi connectivity index (χ0n) is 11.1. The van der Waals surface area contributed by atoms with E-state index in [-0.39, 0.29) is 5.75 Å². The van der Waals surface area contributed by atoms with Crippen LogP contribution >= 0.6 is 0 Å². The van der Waals surface area contributed by atoms with Crippen LogP contribution in [0.2, 0.25) is 0 Å². The van der Waals surface area contributed by atoms with E-state index in [9.17, 15) is 5.11 Å². The number of phenolic OH excluding ortho intramolecular Hbond substituents is 1. The van der Waals surface area contributed by atoms with E-state index in [0.717, 1.165) is 18.9 Å². The van der Waals surface area contributed by atoms with E-state index < -0.39 is 0 Å². The van der Waals surface area contributed by atoms with Crippen molar-refractivity contribution >= 4 is 0 Å². The lowest BCUT2D eigenvalue weighted by molar-refractivity contribution is 0.124. The van der Waals surface area contributed by atoms with Crippen LogP contribution in [-0.2, 0) is 0 Å². The van der Waals surface area contributed by atoms with Gasteiger partial charge in [-0.2, -0.15) is 0 Å².